The smallest absolute Gasteiger partial charge is 0.336 e. The van der Waals surface area contributed by atoms with Crippen LogP contribution in [0, 0.1) is 6.92 Å². The average molecular weight is 186 g/mol. The molecule has 0 saturated carbocycles. The van der Waals surface area contributed by atoms with E-state index in [1.54, 1.807) is 6.07 Å². The largest absolute Gasteiger partial charge is 0.422 e. The van der Waals surface area contributed by atoms with Gasteiger partial charge in [0.1, 0.15) is 5.76 Å². The summed E-state index contributed by atoms with van der Waals surface area (Å²) in [5.41, 5.74) is 1.59. The molecule has 0 atom stereocenters. The van der Waals surface area contributed by atoms with E-state index in [0.29, 0.717) is 5.76 Å². The van der Waals surface area contributed by atoms with Crippen LogP contribution in [0.15, 0.2) is 51.7 Å². The summed E-state index contributed by atoms with van der Waals surface area (Å²) in [4.78, 5) is 11.0. The van der Waals surface area contributed by atoms with Gasteiger partial charge in [0.25, 0.3) is 0 Å². The molecule has 0 N–H and O–H groups in total. The van der Waals surface area contributed by atoms with Gasteiger partial charge in [-0.2, -0.15) is 0 Å². The van der Waals surface area contributed by atoms with Gasteiger partial charge in [-0.1, -0.05) is 30.3 Å². The van der Waals surface area contributed by atoms with Crippen LogP contribution >= 0.6 is 0 Å². The van der Waals surface area contributed by atoms with Crippen LogP contribution in [0.5, 0.6) is 0 Å². The van der Waals surface area contributed by atoms with E-state index in [-0.39, 0.29) is 5.63 Å². The predicted molar refractivity (Wildman–Crippen MR) is 55.2 cm³/mol. The maximum absolute atomic E-state index is 11.0. The van der Waals surface area contributed by atoms with Crippen LogP contribution in [0.25, 0.3) is 11.3 Å². The molecule has 2 rings (SSSR count). The summed E-state index contributed by atoms with van der Waals surface area (Å²) < 4.78 is 5.14. The van der Waals surface area contributed by atoms with Gasteiger partial charge in [0, 0.05) is 11.6 Å². The number of rotatable bonds is 1. The van der Waals surface area contributed by atoms with Crippen LogP contribution in [0.2, 0.25) is 0 Å². The second kappa shape index (κ2) is 3.50. The summed E-state index contributed by atoms with van der Waals surface area (Å²) in [6.45, 7) is 1.92. The first-order valence-electron chi connectivity index (χ1n) is 4.43. The van der Waals surface area contributed by atoms with E-state index in [4.69, 9.17) is 4.42 Å². The lowest BCUT2D eigenvalue weighted by Crippen LogP contribution is -1.97. The van der Waals surface area contributed by atoms with Crippen LogP contribution in [0.1, 0.15) is 5.56 Å². The van der Waals surface area contributed by atoms with Crippen LogP contribution in [-0.4, -0.2) is 0 Å². The topological polar surface area (TPSA) is 30.2 Å². The highest BCUT2D eigenvalue weighted by atomic mass is 16.4. The van der Waals surface area contributed by atoms with Crippen LogP contribution in [-0.2, 0) is 0 Å². The monoisotopic (exact) mass is 186 g/mol. The Morgan fingerprint density at radius 1 is 1.00 bits per heavy atom. The Balaban J connectivity index is 2.62. The van der Waals surface area contributed by atoms with Crippen LogP contribution in [0.3, 0.4) is 0 Å². The molecule has 0 radical (unpaired) electrons. The van der Waals surface area contributed by atoms with E-state index in [1.807, 2.05) is 37.3 Å². The molecule has 1 aromatic heterocycles. The van der Waals surface area contributed by atoms with Crippen molar-refractivity contribution < 1.29 is 4.42 Å². The number of benzene rings is 1. The Labute approximate surface area is 81.8 Å². The van der Waals surface area contributed by atoms with E-state index in [0.717, 1.165) is 11.1 Å². The first-order valence-corrected chi connectivity index (χ1v) is 4.43. The van der Waals surface area contributed by atoms with Gasteiger partial charge in [0.05, 0.1) is 0 Å². The second-order valence-corrected chi connectivity index (χ2v) is 3.13. The van der Waals surface area contributed by atoms with Gasteiger partial charge in [-0.25, -0.2) is 4.79 Å². The van der Waals surface area contributed by atoms with E-state index < -0.39 is 0 Å². The summed E-state index contributed by atoms with van der Waals surface area (Å²) in [6.07, 6.45) is 0. The fourth-order valence-corrected chi connectivity index (χ4v) is 1.36. The van der Waals surface area contributed by atoms with Gasteiger partial charge in [-0.05, 0) is 18.6 Å². The Hall–Kier alpha value is -1.83. The molecule has 0 spiro atoms. The lowest BCUT2D eigenvalue weighted by Gasteiger charge is -2.02. The Morgan fingerprint density at radius 2 is 1.71 bits per heavy atom. The van der Waals surface area contributed by atoms with Gasteiger partial charge in [-0.3, -0.25) is 0 Å². The molecule has 2 aromatic rings. The SMILES string of the molecule is Cc1ccc(=O)oc1-c1ccccc1. The fraction of sp³-hybridized carbons (Fsp3) is 0.0833. The molecule has 2 nitrogen and oxygen atoms in total. The fourth-order valence-electron chi connectivity index (χ4n) is 1.36. The zero-order valence-electron chi connectivity index (χ0n) is 7.86. The van der Waals surface area contributed by atoms with Crippen molar-refractivity contribution in [1.29, 1.82) is 0 Å². The summed E-state index contributed by atoms with van der Waals surface area (Å²) in [5.74, 6) is 0.651. The Morgan fingerprint density at radius 3 is 2.43 bits per heavy atom. The third-order valence-electron chi connectivity index (χ3n) is 2.07. The summed E-state index contributed by atoms with van der Waals surface area (Å²) in [6, 6.07) is 12.8. The molecule has 0 unspecified atom stereocenters. The lowest BCUT2D eigenvalue weighted by molar-refractivity contribution is 0.522. The minimum absolute atomic E-state index is 0.311. The van der Waals surface area contributed by atoms with E-state index in [2.05, 4.69) is 0 Å². The normalized spacial score (nSPS) is 10.1. The average Bonchev–Trinajstić information content (AvgIpc) is 2.23. The van der Waals surface area contributed by atoms with Crippen molar-refractivity contribution in [1.82, 2.24) is 0 Å². The van der Waals surface area contributed by atoms with Gasteiger partial charge < -0.3 is 4.42 Å². The van der Waals surface area contributed by atoms with E-state index in [9.17, 15) is 4.79 Å². The molecule has 14 heavy (non-hydrogen) atoms. The van der Waals surface area contributed by atoms with Crippen molar-refractivity contribution in [3.63, 3.8) is 0 Å². The minimum atomic E-state index is -0.311. The van der Waals surface area contributed by atoms with Crippen molar-refractivity contribution in [2.75, 3.05) is 0 Å². The molecule has 0 aliphatic heterocycles. The minimum Gasteiger partial charge on any atom is -0.422 e. The third-order valence-corrected chi connectivity index (χ3v) is 2.07. The van der Waals surface area contributed by atoms with Crippen molar-refractivity contribution >= 4 is 0 Å². The van der Waals surface area contributed by atoms with Gasteiger partial charge in [0.2, 0.25) is 0 Å². The predicted octanol–water partition coefficient (Wildman–Crippen LogP) is 2.62. The number of aryl methyl sites for hydroxylation is 1. The molecule has 0 fully saturated rings. The van der Waals surface area contributed by atoms with Crippen LogP contribution < -0.4 is 5.63 Å². The second-order valence-electron chi connectivity index (χ2n) is 3.13. The number of hydrogen-bond acceptors (Lipinski definition) is 2. The molecule has 70 valence electrons. The molecule has 0 aliphatic carbocycles. The highest BCUT2D eigenvalue weighted by molar-refractivity contribution is 5.60. The van der Waals surface area contributed by atoms with E-state index in [1.165, 1.54) is 6.07 Å². The molecule has 0 bridgehead atoms. The maximum atomic E-state index is 11.0. The quantitative estimate of drug-likeness (QED) is 0.685. The van der Waals surface area contributed by atoms with Crippen molar-refractivity contribution in [3.8, 4) is 11.3 Å². The lowest BCUT2D eigenvalue weighted by atomic mass is 10.1. The summed E-state index contributed by atoms with van der Waals surface area (Å²) >= 11 is 0. The molecule has 1 aromatic carbocycles. The van der Waals surface area contributed by atoms with E-state index >= 15 is 0 Å². The molecule has 2 heteroatoms. The highest BCUT2D eigenvalue weighted by Crippen LogP contribution is 2.20. The van der Waals surface area contributed by atoms with Crippen molar-refractivity contribution in [2.24, 2.45) is 0 Å². The number of hydrogen-bond donors (Lipinski definition) is 0. The zero-order valence-corrected chi connectivity index (χ0v) is 7.86. The molecule has 0 aliphatic rings. The Kier molecular flexibility index (Phi) is 2.19. The summed E-state index contributed by atoms with van der Waals surface area (Å²) in [5, 5.41) is 0. The third kappa shape index (κ3) is 1.59. The highest BCUT2D eigenvalue weighted by Gasteiger charge is 2.03. The van der Waals surface area contributed by atoms with Crippen molar-refractivity contribution in [2.45, 2.75) is 6.92 Å². The summed E-state index contributed by atoms with van der Waals surface area (Å²) in [7, 11) is 0. The zero-order chi connectivity index (χ0) is 9.97. The first-order chi connectivity index (χ1) is 6.77. The van der Waals surface area contributed by atoms with Gasteiger partial charge >= 0.3 is 5.63 Å². The molecular formula is C12H10O2. The van der Waals surface area contributed by atoms with Crippen LogP contribution in [0.4, 0.5) is 0 Å². The maximum Gasteiger partial charge on any atom is 0.336 e. The first kappa shape index (κ1) is 8.75. The van der Waals surface area contributed by atoms with Gasteiger partial charge in [0.15, 0.2) is 0 Å². The molecule has 0 saturated heterocycles. The molecule has 1 heterocycles. The van der Waals surface area contributed by atoms with Gasteiger partial charge in [-0.15, -0.1) is 0 Å². The Bertz CT molecular complexity index is 483. The van der Waals surface area contributed by atoms with Crippen molar-refractivity contribution in [3.05, 3.63) is 58.4 Å². The molecular weight excluding hydrogens is 176 g/mol. The molecule has 0 amide bonds. The standard InChI is InChI=1S/C12H10O2/c1-9-7-8-11(13)14-12(9)10-5-3-2-4-6-10/h2-8H,1H3.